The molecule has 1 aliphatic heterocycles. The molecule has 0 saturated carbocycles. The highest BCUT2D eigenvalue weighted by Gasteiger charge is 2.30. The number of hydrogen-bond acceptors (Lipinski definition) is 3. The van der Waals surface area contributed by atoms with Crippen molar-refractivity contribution < 1.29 is 14.3 Å². The minimum atomic E-state index is 0.0953. The van der Waals surface area contributed by atoms with Gasteiger partial charge in [0.15, 0.2) is 5.78 Å². The van der Waals surface area contributed by atoms with E-state index in [0.717, 1.165) is 24.8 Å². The third-order valence-electron chi connectivity index (χ3n) is 3.85. The summed E-state index contributed by atoms with van der Waals surface area (Å²) in [7, 11) is 0. The first kappa shape index (κ1) is 11.9. The summed E-state index contributed by atoms with van der Waals surface area (Å²) < 4.78 is 11.0. The number of carbonyl (C=O) groups excluding carboxylic acids is 1. The van der Waals surface area contributed by atoms with Crippen molar-refractivity contribution in [3.8, 4) is 0 Å². The van der Waals surface area contributed by atoms with Gasteiger partial charge >= 0.3 is 0 Å². The van der Waals surface area contributed by atoms with E-state index < -0.39 is 0 Å². The number of fused-ring (bicyclic) bond motifs is 1. The Bertz CT molecular complexity index is 435. The van der Waals surface area contributed by atoms with E-state index in [1.165, 1.54) is 5.56 Å². The van der Waals surface area contributed by atoms with Gasteiger partial charge in [0.05, 0.1) is 25.9 Å². The first-order valence-corrected chi connectivity index (χ1v) is 6.66. The Morgan fingerprint density at radius 2 is 2.11 bits per heavy atom. The van der Waals surface area contributed by atoms with Crippen LogP contribution in [0.4, 0.5) is 0 Å². The molecule has 0 N–H and O–H groups in total. The van der Waals surface area contributed by atoms with Crippen molar-refractivity contribution >= 4 is 5.78 Å². The van der Waals surface area contributed by atoms with Crippen molar-refractivity contribution in [3.05, 3.63) is 35.4 Å². The highest BCUT2D eigenvalue weighted by atomic mass is 16.6. The number of Topliss-reactive ketones (excluding diaryl/α,β-unsaturated/α-hetero) is 1. The molecular formula is C15H18O3. The summed E-state index contributed by atoms with van der Waals surface area (Å²) in [4.78, 5) is 12.4. The fraction of sp³-hybridized carbons (Fsp3) is 0.533. The maximum atomic E-state index is 12.4. The zero-order valence-corrected chi connectivity index (χ0v) is 10.4. The number of hydrogen-bond donors (Lipinski definition) is 0. The molecule has 1 aromatic carbocycles. The van der Waals surface area contributed by atoms with Crippen LogP contribution in [0.2, 0.25) is 0 Å². The van der Waals surface area contributed by atoms with Crippen LogP contribution in [-0.2, 0) is 15.9 Å². The van der Waals surface area contributed by atoms with Gasteiger partial charge in [-0.05, 0) is 24.8 Å². The number of ether oxygens (including phenoxy) is 2. The van der Waals surface area contributed by atoms with Crippen LogP contribution in [-0.4, -0.2) is 31.7 Å². The van der Waals surface area contributed by atoms with Crippen molar-refractivity contribution in [1.82, 2.24) is 0 Å². The molecule has 0 spiro atoms. The third-order valence-corrected chi connectivity index (χ3v) is 3.85. The number of aryl methyl sites for hydroxylation is 1. The summed E-state index contributed by atoms with van der Waals surface area (Å²) in [5, 5.41) is 0. The molecule has 2 atom stereocenters. The smallest absolute Gasteiger partial charge is 0.166 e. The van der Waals surface area contributed by atoms with Gasteiger partial charge in [-0.1, -0.05) is 24.3 Å². The fourth-order valence-electron chi connectivity index (χ4n) is 2.87. The van der Waals surface area contributed by atoms with Gasteiger partial charge in [0.1, 0.15) is 0 Å². The Hall–Kier alpha value is -1.19. The molecule has 0 unspecified atom stereocenters. The minimum absolute atomic E-state index is 0.0953. The highest BCUT2D eigenvalue weighted by molar-refractivity contribution is 6.00. The van der Waals surface area contributed by atoms with Crippen molar-refractivity contribution in [2.75, 3.05) is 19.8 Å². The molecule has 3 rings (SSSR count). The largest absolute Gasteiger partial charge is 0.376 e. The normalized spacial score (nSPS) is 27.9. The van der Waals surface area contributed by atoms with Gasteiger partial charge in [-0.15, -0.1) is 0 Å². The fourth-order valence-corrected chi connectivity index (χ4v) is 2.87. The second-order valence-electron chi connectivity index (χ2n) is 5.06. The zero-order chi connectivity index (χ0) is 12.4. The van der Waals surface area contributed by atoms with E-state index in [4.69, 9.17) is 9.47 Å². The average molecular weight is 246 g/mol. The predicted molar refractivity (Wildman–Crippen MR) is 67.8 cm³/mol. The molecule has 0 bridgehead atoms. The highest BCUT2D eigenvalue weighted by Crippen LogP contribution is 2.29. The van der Waals surface area contributed by atoms with E-state index in [0.29, 0.717) is 19.8 Å². The quantitative estimate of drug-likeness (QED) is 0.802. The Morgan fingerprint density at radius 3 is 2.94 bits per heavy atom. The summed E-state index contributed by atoms with van der Waals surface area (Å²) in [5.74, 6) is 0.387. The number of carbonyl (C=O) groups is 1. The van der Waals surface area contributed by atoms with E-state index in [-0.39, 0.29) is 17.8 Å². The van der Waals surface area contributed by atoms with Gasteiger partial charge < -0.3 is 9.47 Å². The SMILES string of the molecule is O=C1c2ccccc2CC[C@@H]1C[C@@H]1COCCO1. The predicted octanol–water partition coefficient (Wildman–Crippen LogP) is 2.24. The second kappa shape index (κ2) is 5.21. The van der Waals surface area contributed by atoms with Crippen LogP contribution in [0.15, 0.2) is 24.3 Å². The Morgan fingerprint density at radius 1 is 1.22 bits per heavy atom. The van der Waals surface area contributed by atoms with Crippen LogP contribution in [0.1, 0.15) is 28.8 Å². The number of ketones is 1. The molecular weight excluding hydrogens is 228 g/mol. The maximum Gasteiger partial charge on any atom is 0.166 e. The molecule has 2 aliphatic rings. The molecule has 3 nitrogen and oxygen atoms in total. The molecule has 96 valence electrons. The molecule has 1 saturated heterocycles. The Labute approximate surface area is 107 Å². The first-order chi connectivity index (χ1) is 8.84. The van der Waals surface area contributed by atoms with E-state index in [1.54, 1.807) is 0 Å². The second-order valence-corrected chi connectivity index (χ2v) is 5.06. The van der Waals surface area contributed by atoms with Gasteiger partial charge in [0.25, 0.3) is 0 Å². The van der Waals surface area contributed by atoms with E-state index in [1.807, 2.05) is 18.2 Å². The van der Waals surface area contributed by atoms with E-state index in [2.05, 4.69) is 6.07 Å². The Kier molecular flexibility index (Phi) is 3.43. The number of rotatable bonds is 2. The maximum absolute atomic E-state index is 12.4. The average Bonchev–Trinajstić information content (AvgIpc) is 2.43. The summed E-state index contributed by atoms with van der Waals surface area (Å²) in [6.45, 7) is 1.96. The molecule has 3 heteroatoms. The lowest BCUT2D eigenvalue weighted by atomic mass is 9.80. The lowest BCUT2D eigenvalue weighted by molar-refractivity contribution is -0.0945. The van der Waals surface area contributed by atoms with E-state index in [9.17, 15) is 4.79 Å². The van der Waals surface area contributed by atoms with Crippen LogP contribution in [0.3, 0.4) is 0 Å². The molecule has 1 aliphatic carbocycles. The minimum Gasteiger partial charge on any atom is -0.376 e. The molecule has 0 aromatic heterocycles. The lowest BCUT2D eigenvalue weighted by Crippen LogP contribution is -2.34. The van der Waals surface area contributed by atoms with Crippen LogP contribution in [0, 0.1) is 5.92 Å². The standard InChI is InChI=1S/C15H18O3/c16-15-12(9-13-10-17-7-8-18-13)6-5-11-3-1-2-4-14(11)15/h1-4,12-13H,5-10H2/t12-,13-/m1/s1. The Balaban J connectivity index is 1.70. The molecule has 1 aromatic rings. The van der Waals surface area contributed by atoms with Crippen molar-refractivity contribution in [2.45, 2.75) is 25.4 Å². The third kappa shape index (κ3) is 2.33. The monoisotopic (exact) mass is 246 g/mol. The number of benzene rings is 1. The summed E-state index contributed by atoms with van der Waals surface area (Å²) in [6.07, 6.45) is 2.83. The van der Waals surface area contributed by atoms with Gasteiger partial charge in [-0.25, -0.2) is 0 Å². The van der Waals surface area contributed by atoms with Crippen LogP contribution in [0.25, 0.3) is 0 Å². The zero-order valence-electron chi connectivity index (χ0n) is 10.4. The van der Waals surface area contributed by atoms with Crippen LogP contribution >= 0.6 is 0 Å². The molecule has 18 heavy (non-hydrogen) atoms. The molecule has 0 radical (unpaired) electrons. The topological polar surface area (TPSA) is 35.5 Å². The summed E-state index contributed by atoms with van der Waals surface area (Å²) in [5.41, 5.74) is 2.10. The lowest BCUT2D eigenvalue weighted by Gasteiger charge is -2.29. The van der Waals surface area contributed by atoms with Crippen molar-refractivity contribution in [1.29, 1.82) is 0 Å². The van der Waals surface area contributed by atoms with Crippen LogP contribution in [0.5, 0.6) is 0 Å². The van der Waals surface area contributed by atoms with Crippen molar-refractivity contribution in [3.63, 3.8) is 0 Å². The van der Waals surface area contributed by atoms with Crippen molar-refractivity contribution in [2.24, 2.45) is 5.92 Å². The summed E-state index contributed by atoms with van der Waals surface area (Å²) >= 11 is 0. The van der Waals surface area contributed by atoms with Gasteiger partial charge in [0.2, 0.25) is 0 Å². The first-order valence-electron chi connectivity index (χ1n) is 6.66. The van der Waals surface area contributed by atoms with Crippen LogP contribution < -0.4 is 0 Å². The van der Waals surface area contributed by atoms with E-state index >= 15 is 0 Å². The van der Waals surface area contributed by atoms with Gasteiger partial charge in [-0.3, -0.25) is 4.79 Å². The molecule has 1 fully saturated rings. The molecule has 1 heterocycles. The van der Waals surface area contributed by atoms with Gasteiger partial charge in [0, 0.05) is 11.5 Å². The van der Waals surface area contributed by atoms with Gasteiger partial charge in [-0.2, -0.15) is 0 Å². The molecule has 0 amide bonds. The summed E-state index contributed by atoms with van der Waals surface area (Å²) in [6, 6.07) is 7.95.